The second-order valence-electron chi connectivity index (χ2n) is 3.43. The number of anilines is 1. The number of nitrogens with two attached hydrogens (primary N) is 1. The molecule has 0 aromatic carbocycles. The van der Waals surface area contributed by atoms with Crippen LogP contribution in [-0.2, 0) is 20.7 Å². The van der Waals surface area contributed by atoms with Crippen molar-refractivity contribution in [3.8, 4) is 0 Å². The summed E-state index contributed by atoms with van der Waals surface area (Å²) in [4.78, 5) is 25.9. The molecule has 19 heavy (non-hydrogen) atoms. The van der Waals surface area contributed by atoms with E-state index in [2.05, 4.69) is 9.72 Å². The molecule has 3 N–H and O–H groups in total. The predicted octanol–water partition coefficient (Wildman–Crippen LogP) is 0.488. The molecule has 0 aliphatic heterocycles. The first-order valence-electron chi connectivity index (χ1n) is 4.89. The van der Waals surface area contributed by atoms with Crippen molar-refractivity contribution in [3.05, 3.63) is 11.1 Å². The van der Waals surface area contributed by atoms with Crippen LogP contribution < -0.4 is 11.1 Å². The number of methoxy groups -OCH3 is 1. The van der Waals surface area contributed by atoms with E-state index in [1.807, 2.05) is 0 Å². The largest absolute Gasteiger partial charge is 0.471 e. The number of ether oxygens (including phenoxy) is 1. The van der Waals surface area contributed by atoms with Gasteiger partial charge in [0.05, 0.1) is 12.8 Å². The van der Waals surface area contributed by atoms with Crippen LogP contribution in [0.3, 0.4) is 0 Å². The Morgan fingerprint density at radius 1 is 1.58 bits per heavy atom. The number of nitrogens with one attached hydrogen (secondary N) is 1. The van der Waals surface area contributed by atoms with E-state index in [1.54, 1.807) is 5.32 Å². The number of nitrogens with zero attached hydrogens (tertiary/aromatic N) is 1. The molecule has 1 rings (SSSR count). The highest BCUT2D eigenvalue weighted by atomic mass is 32.1. The zero-order valence-electron chi connectivity index (χ0n) is 9.65. The van der Waals surface area contributed by atoms with E-state index >= 15 is 0 Å². The molecule has 0 aliphatic carbocycles. The minimum Gasteiger partial charge on any atom is -0.467 e. The molecule has 0 spiro atoms. The molecular formula is C9H10F3N3O3S. The Bertz CT molecular complexity index is 475. The van der Waals surface area contributed by atoms with Crippen molar-refractivity contribution in [1.82, 2.24) is 10.3 Å². The smallest absolute Gasteiger partial charge is 0.467 e. The van der Waals surface area contributed by atoms with Gasteiger partial charge in [0.2, 0.25) is 0 Å². The Kier molecular flexibility index (Phi) is 4.70. The molecule has 0 fully saturated rings. The molecule has 0 aliphatic rings. The van der Waals surface area contributed by atoms with E-state index in [4.69, 9.17) is 5.73 Å². The van der Waals surface area contributed by atoms with E-state index in [0.717, 1.165) is 18.4 Å². The number of nitrogen functional groups attached to an aromatic ring is 1. The molecule has 1 heterocycles. The van der Waals surface area contributed by atoms with Crippen LogP contribution >= 0.6 is 11.3 Å². The molecule has 1 atom stereocenters. The average Bonchev–Trinajstić information content (AvgIpc) is 2.71. The molecule has 6 nitrogen and oxygen atoms in total. The number of thiazole rings is 1. The maximum atomic E-state index is 12.1. The number of esters is 1. The fourth-order valence-electron chi connectivity index (χ4n) is 1.20. The lowest BCUT2D eigenvalue weighted by atomic mass is 10.1. The number of amides is 1. The third-order valence-corrected chi connectivity index (χ3v) is 2.75. The van der Waals surface area contributed by atoms with Gasteiger partial charge in [-0.05, 0) is 0 Å². The number of hydrogen-bond acceptors (Lipinski definition) is 6. The molecule has 0 saturated carbocycles. The van der Waals surface area contributed by atoms with Gasteiger partial charge in [0.25, 0.3) is 0 Å². The van der Waals surface area contributed by atoms with E-state index in [9.17, 15) is 22.8 Å². The van der Waals surface area contributed by atoms with Gasteiger partial charge >= 0.3 is 18.1 Å². The Balaban J connectivity index is 2.78. The van der Waals surface area contributed by atoms with Gasteiger partial charge in [0.15, 0.2) is 5.13 Å². The highest BCUT2D eigenvalue weighted by molar-refractivity contribution is 7.13. The Morgan fingerprint density at radius 3 is 2.63 bits per heavy atom. The average molecular weight is 297 g/mol. The van der Waals surface area contributed by atoms with Gasteiger partial charge in [-0.25, -0.2) is 9.78 Å². The quantitative estimate of drug-likeness (QED) is 0.789. The standard InChI is InChI=1S/C9H10F3N3O3S/c1-18-6(16)5(15-7(17)9(10,11)12)2-4-3-19-8(13)14-4/h3,5H,2H2,1H3,(H2,13,14)(H,15,17)/t5-/m0/s1. The van der Waals surface area contributed by atoms with Crippen LogP contribution in [0.5, 0.6) is 0 Å². The normalized spacial score (nSPS) is 12.8. The molecule has 0 saturated heterocycles. The zero-order chi connectivity index (χ0) is 14.6. The number of alkyl halides is 3. The van der Waals surface area contributed by atoms with Gasteiger partial charge in [0, 0.05) is 11.8 Å². The van der Waals surface area contributed by atoms with Crippen molar-refractivity contribution >= 4 is 28.3 Å². The van der Waals surface area contributed by atoms with E-state index in [1.165, 1.54) is 5.38 Å². The Hall–Kier alpha value is -1.84. The maximum Gasteiger partial charge on any atom is 0.471 e. The lowest BCUT2D eigenvalue weighted by Gasteiger charge is -2.16. The summed E-state index contributed by atoms with van der Waals surface area (Å²) in [6, 6.07) is -1.47. The summed E-state index contributed by atoms with van der Waals surface area (Å²) >= 11 is 1.07. The van der Waals surface area contributed by atoms with Crippen LogP contribution in [-0.4, -0.2) is 36.2 Å². The monoisotopic (exact) mass is 297 g/mol. The summed E-state index contributed by atoms with van der Waals surface area (Å²) in [5, 5.41) is 3.24. The molecule has 1 aromatic rings. The Morgan fingerprint density at radius 2 is 2.21 bits per heavy atom. The number of rotatable bonds is 4. The zero-order valence-corrected chi connectivity index (χ0v) is 10.5. The van der Waals surface area contributed by atoms with Crippen molar-refractivity contribution in [2.24, 2.45) is 0 Å². The lowest BCUT2D eigenvalue weighted by molar-refractivity contribution is -0.175. The van der Waals surface area contributed by atoms with Gasteiger partial charge in [-0.3, -0.25) is 4.79 Å². The Labute approximate surface area is 109 Å². The number of hydrogen-bond donors (Lipinski definition) is 2. The lowest BCUT2D eigenvalue weighted by Crippen LogP contribution is -2.48. The summed E-state index contributed by atoms with van der Waals surface area (Å²) in [5.41, 5.74) is 5.65. The minimum atomic E-state index is -5.08. The number of aromatic nitrogens is 1. The predicted molar refractivity (Wildman–Crippen MR) is 60.2 cm³/mol. The summed E-state index contributed by atoms with van der Waals surface area (Å²) < 4.78 is 40.7. The van der Waals surface area contributed by atoms with Crippen LogP contribution in [0, 0.1) is 0 Å². The van der Waals surface area contributed by atoms with Crippen LogP contribution in [0.25, 0.3) is 0 Å². The highest BCUT2D eigenvalue weighted by Crippen LogP contribution is 2.16. The third kappa shape index (κ3) is 4.39. The first-order valence-corrected chi connectivity index (χ1v) is 5.77. The maximum absolute atomic E-state index is 12.1. The summed E-state index contributed by atoms with van der Waals surface area (Å²) in [7, 11) is 1.00. The van der Waals surface area contributed by atoms with Gasteiger partial charge in [0.1, 0.15) is 6.04 Å². The summed E-state index contributed by atoms with van der Waals surface area (Å²) in [6.07, 6.45) is -5.31. The molecule has 0 unspecified atom stereocenters. The fraction of sp³-hybridized carbons (Fsp3) is 0.444. The van der Waals surface area contributed by atoms with E-state index in [0.29, 0.717) is 5.69 Å². The van der Waals surface area contributed by atoms with Crippen LogP contribution in [0.4, 0.5) is 18.3 Å². The first-order chi connectivity index (χ1) is 8.74. The molecule has 106 valence electrons. The molecule has 1 aromatic heterocycles. The van der Waals surface area contributed by atoms with Crippen LogP contribution in [0.2, 0.25) is 0 Å². The van der Waals surface area contributed by atoms with E-state index in [-0.39, 0.29) is 11.6 Å². The number of halogens is 3. The van der Waals surface area contributed by atoms with Gasteiger partial charge < -0.3 is 15.8 Å². The molecule has 0 bridgehead atoms. The van der Waals surface area contributed by atoms with Crippen LogP contribution in [0.15, 0.2) is 5.38 Å². The van der Waals surface area contributed by atoms with Crippen molar-refractivity contribution in [2.75, 3.05) is 12.8 Å². The SMILES string of the molecule is COC(=O)[C@H](Cc1csc(N)n1)NC(=O)C(F)(F)F. The topological polar surface area (TPSA) is 94.3 Å². The van der Waals surface area contributed by atoms with Crippen molar-refractivity contribution in [1.29, 1.82) is 0 Å². The first kappa shape index (κ1) is 15.2. The molecule has 1 amide bonds. The van der Waals surface area contributed by atoms with Crippen molar-refractivity contribution in [3.63, 3.8) is 0 Å². The van der Waals surface area contributed by atoms with Gasteiger partial charge in [-0.15, -0.1) is 11.3 Å². The van der Waals surface area contributed by atoms with Gasteiger partial charge in [-0.2, -0.15) is 13.2 Å². The third-order valence-electron chi connectivity index (χ3n) is 2.03. The molecule has 10 heteroatoms. The van der Waals surface area contributed by atoms with Crippen molar-refractivity contribution in [2.45, 2.75) is 18.6 Å². The van der Waals surface area contributed by atoms with Gasteiger partial charge in [-0.1, -0.05) is 0 Å². The fourth-order valence-corrected chi connectivity index (χ4v) is 1.78. The summed E-state index contributed by atoms with van der Waals surface area (Å²) in [5.74, 6) is -3.21. The van der Waals surface area contributed by atoms with Crippen molar-refractivity contribution < 1.29 is 27.5 Å². The van der Waals surface area contributed by atoms with E-state index < -0.39 is 24.1 Å². The second-order valence-corrected chi connectivity index (χ2v) is 4.32. The number of carbonyl (C=O) groups excluding carboxylic acids is 2. The highest BCUT2D eigenvalue weighted by Gasteiger charge is 2.41. The molecular weight excluding hydrogens is 287 g/mol. The number of carbonyl (C=O) groups is 2. The molecule has 0 radical (unpaired) electrons. The minimum absolute atomic E-state index is 0.209. The summed E-state index contributed by atoms with van der Waals surface area (Å²) in [6.45, 7) is 0. The van der Waals surface area contributed by atoms with Crippen LogP contribution in [0.1, 0.15) is 5.69 Å². The second kappa shape index (κ2) is 5.87.